The van der Waals surface area contributed by atoms with Crippen LogP contribution in [0.25, 0.3) is 0 Å². The average Bonchev–Trinajstić information content (AvgIpc) is 3.09. The number of rotatable bonds is 5. The highest BCUT2D eigenvalue weighted by atomic mass is 127. The van der Waals surface area contributed by atoms with E-state index in [2.05, 4.69) is 45.2 Å². The number of aliphatic imine (C=N–C) groups is 1. The van der Waals surface area contributed by atoms with Gasteiger partial charge in [-0.25, -0.2) is 4.98 Å². The fourth-order valence-electron chi connectivity index (χ4n) is 2.91. The predicted molar refractivity (Wildman–Crippen MR) is 112 cm³/mol. The smallest absolute Gasteiger partial charge is 0.205 e. The van der Waals surface area contributed by atoms with Crippen LogP contribution in [0.1, 0.15) is 33.0 Å². The molecular formula is C16H29IN6S. The van der Waals surface area contributed by atoms with E-state index in [1.54, 1.807) is 0 Å². The molecule has 2 aliphatic rings. The van der Waals surface area contributed by atoms with Gasteiger partial charge in [-0.2, -0.15) is 4.37 Å². The molecule has 0 spiro atoms. The molecule has 1 aromatic rings. The number of hydrogen-bond donors (Lipinski definition) is 1. The lowest BCUT2D eigenvalue weighted by Gasteiger charge is -2.36. The molecule has 0 radical (unpaired) electrons. The highest BCUT2D eigenvalue weighted by Gasteiger charge is 2.32. The number of anilines is 1. The Kier molecular flexibility index (Phi) is 7.52. The SMILES string of the molecule is CCNC(=NCC1CC1C)N1CCN(c2nc(CC)ns2)CC1.I. The van der Waals surface area contributed by atoms with Gasteiger partial charge in [-0.3, -0.25) is 4.99 Å². The summed E-state index contributed by atoms with van der Waals surface area (Å²) in [5, 5.41) is 4.52. The Balaban J connectivity index is 0.00000208. The molecule has 0 amide bonds. The Morgan fingerprint density at radius 3 is 2.54 bits per heavy atom. The maximum absolute atomic E-state index is 4.85. The van der Waals surface area contributed by atoms with Gasteiger partial charge in [0.25, 0.3) is 0 Å². The van der Waals surface area contributed by atoms with Gasteiger partial charge in [-0.1, -0.05) is 13.8 Å². The normalized spacial score (nSPS) is 23.9. The summed E-state index contributed by atoms with van der Waals surface area (Å²) in [6, 6.07) is 0. The van der Waals surface area contributed by atoms with E-state index < -0.39 is 0 Å². The van der Waals surface area contributed by atoms with E-state index in [1.165, 1.54) is 18.0 Å². The Hall–Kier alpha value is -0.640. The minimum atomic E-state index is 0. The van der Waals surface area contributed by atoms with Crippen molar-refractivity contribution in [1.82, 2.24) is 19.6 Å². The number of nitrogens with zero attached hydrogens (tertiary/aromatic N) is 5. The largest absolute Gasteiger partial charge is 0.357 e. The topological polar surface area (TPSA) is 56.7 Å². The molecule has 1 aliphatic carbocycles. The van der Waals surface area contributed by atoms with Crippen molar-refractivity contribution < 1.29 is 0 Å². The van der Waals surface area contributed by atoms with Gasteiger partial charge in [0.2, 0.25) is 5.13 Å². The van der Waals surface area contributed by atoms with Crippen molar-refractivity contribution in [3.8, 4) is 0 Å². The van der Waals surface area contributed by atoms with Gasteiger partial charge in [-0.15, -0.1) is 24.0 Å². The molecule has 1 saturated carbocycles. The zero-order valence-electron chi connectivity index (χ0n) is 14.9. The minimum absolute atomic E-state index is 0. The molecule has 3 rings (SSSR count). The number of guanidine groups is 1. The van der Waals surface area contributed by atoms with E-state index in [0.717, 1.165) is 74.4 Å². The fraction of sp³-hybridized carbons (Fsp3) is 0.812. The van der Waals surface area contributed by atoms with Crippen molar-refractivity contribution in [3.05, 3.63) is 5.82 Å². The van der Waals surface area contributed by atoms with Crippen LogP contribution in [-0.2, 0) is 6.42 Å². The number of aryl methyl sites for hydroxylation is 1. The van der Waals surface area contributed by atoms with Crippen molar-refractivity contribution in [1.29, 1.82) is 0 Å². The second-order valence-electron chi connectivity index (χ2n) is 6.49. The van der Waals surface area contributed by atoms with Crippen molar-refractivity contribution >= 4 is 46.6 Å². The monoisotopic (exact) mass is 464 g/mol. The Morgan fingerprint density at radius 1 is 1.29 bits per heavy atom. The summed E-state index contributed by atoms with van der Waals surface area (Å²) in [5.41, 5.74) is 0. The van der Waals surface area contributed by atoms with Crippen LogP contribution in [0.4, 0.5) is 5.13 Å². The lowest BCUT2D eigenvalue weighted by Crippen LogP contribution is -2.52. The summed E-state index contributed by atoms with van der Waals surface area (Å²) in [7, 11) is 0. The molecule has 0 aromatic carbocycles. The number of nitrogens with one attached hydrogen (secondary N) is 1. The summed E-state index contributed by atoms with van der Waals surface area (Å²) >= 11 is 1.52. The third-order valence-corrected chi connectivity index (χ3v) is 5.52. The van der Waals surface area contributed by atoms with Gasteiger partial charge < -0.3 is 15.1 Å². The second-order valence-corrected chi connectivity index (χ2v) is 7.22. The standard InChI is InChI=1S/C16H28N6S.HI/c1-4-14-19-16(23-20-14)22-8-6-21(7-9-22)15(17-5-2)18-11-13-10-12(13)3;/h12-13H,4-11H2,1-3H3,(H,17,18);1H. The van der Waals surface area contributed by atoms with Gasteiger partial charge in [0.15, 0.2) is 5.96 Å². The van der Waals surface area contributed by atoms with Crippen molar-refractivity contribution in [3.63, 3.8) is 0 Å². The van der Waals surface area contributed by atoms with Crippen LogP contribution in [0.2, 0.25) is 0 Å². The zero-order valence-corrected chi connectivity index (χ0v) is 18.0. The van der Waals surface area contributed by atoms with Gasteiger partial charge in [0.1, 0.15) is 5.82 Å². The van der Waals surface area contributed by atoms with E-state index in [0.29, 0.717) is 0 Å². The van der Waals surface area contributed by atoms with E-state index in [-0.39, 0.29) is 24.0 Å². The van der Waals surface area contributed by atoms with Crippen molar-refractivity contribution in [2.24, 2.45) is 16.8 Å². The van der Waals surface area contributed by atoms with Gasteiger partial charge in [0, 0.05) is 57.2 Å². The summed E-state index contributed by atoms with van der Waals surface area (Å²) in [4.78, 5) is 14.2. The van der Waals surface area contributed by atoms with Crippen LogP contribution in [0.5, 0.6) is 0 Å². The third-order valence-electron chi connectivity index (χ3n) is 4.71. The lowest BCUT2D eigenvalue weighted by molar-refractivity contribution is 0.372. The highest BCUT2D eigenvalue weighted by molar-refractivity contribution is 14.0. The van der Waals surface area contributed by atoms with Crippen LogP contribution in [0.15, 0.2) is 4.99 Å². The fourth-order valence-corrected chi connectivity index (χ4v) is 3.71. The van der Waals surface area contributed by atoms with E-state index in [4.69, 9.17) is 4.99 Å². The molecule has 136 valence electrons. The van der Waals surface area contributed by atoms with E-state index in [9.17, 15) is 0 Å². The summed E-state index contributed by atoms with van der Waals surface area (Å²) in [6.45, 7) is 12.4. The number of halogens is 1. The maximum atomic E-state index is 4.85. The van der Waals surface area contributed by atoms with Crippen molar-refractivity contribution in [2.45, 2.75) is 33.6 Å². The number of piperazine rings is 1. The zero-order chi connectivity index (χ0) is 16.2. The van der Waals surface area contributed by atoms with Crippen LogP contribution in [0.3, 0.4) is 0 Å². The molecule has 2 atom stereocenters. The third kappa shape index (κ3) is 4.93. The summed E-state index contributed by atoms with van der Waals surface area (Å²) in [6.07, 6.45) is 2.25. The molecule has 2 fully saturated rings. The molecule has 1 aromatic heterocycles. The molecular weight excluding hydrogens is 435 g/mol. The lowest BCUT2D eigenvalue weighted by atomic mass is 10.3. The van der Waals surface area contributed by atoms with Crippen LogP contribution in [0, 0.1) is 11.8 Å². The van der Waals surface area contributed by atoms with E-state index >= 15 is 0 Å². The quantitative estimate of drug-likeness (QED) is 0.412. The molecule has 6 nitrogen and oxygen atoms in total. The average molecular weight is 464 g/mol. The number of hydrogen-bond acceptors (Lipinski definition) is 5. The first-order chi connectivity index (χ1) is 11.2. The Labute approximate surface area is 166 Å². The molecule has 1 saturated heterocycles. The molecule has 0 bridgehead atoms. The van der Waals surface area contributed by atoms with Crippen molar-refractivity contribution in [2.75, 3.05) is 44.2 Å². The first-order valence-electron chi connectivity index (χ1n) is 8.82. The Bertz CT molecular complexity index is 540. The molecule has 2 unspecified atom stereocenters. The number of aromatic nitrogens is 2. The molecule has 1 aliphatic heterocycles. The summed E-state index contributed by atoms with van der Waals surface area (Å²) in [5.74, 6) is 3.71. The van der Waals surface area contributed by atoms with Gasteiger partial charge >= 0.3 is 0 Å². The molecule has 24 heavy (non-hydrogen) atoms. The first kappa shape index (κ1) is 19.7. The predicted octanol–water partition coefficient (Wildman–Crippen LogP) is 2.46. The van der Waals surface area contributed by atoms with Crippen LogP contribution < -0.4 is 10.2 Å². The second kappa shape index (κ2) is 9.17. The minimum Gasteiger partial charge on any atom is -0.357 e. The van der Waals surface area contributed by atoms with E-state index in [1.807, 2.05) is 0 Å². The van der Waals surface area contributed by atoms with Gasteiger partial charge in [-0.05, 0) is 25.2 Å². The van der Waals surface area contributed by atoms with Crippen LogP contribution in [-0.4, -0.2) is 59.5 Å². The molecule has 1 N–H and O–H groups in total. The Morgan fingerprint density at radius 2 is 2.00 bits per heavy atom. The van der Waals surface area contributed by atoms with Gasteiger partial charge in [0.05, 0.1) is 0 Å². The highest BCUT2D eigenvalue weighted by Crippen LogP contribution is 2.37. The van der Waals surface area contributed by atoms with Crippen LogP contribution >= 0.6 is 35.5 Å². The summed E-state index contributed by atoms with van der Waals surface area (Å²) < 4.78 is 4.40. The molecule has 2 heterocycles. The first-order valence-corrected chi connectivity index (χ1v) is 9.59. The maximum Gasteiger partial charge on any atom is 0.205 e. The molecule has 8 heteroatoms.